The van der Waals surface area contributed by atoms with Crippen molar-refractivity contribution in [1.82, 2.24) is 15.3 Å². The molecule has 0 radical (unpaired) electrons. The molecule has 1 amide bonds. The number of aromatic nitrogens is 2. The number of hydroxylamine groups is 2. The molecule has 29 heavy (non-hydrogen) atoms. The molecule has 2 bridgehead atoms. The third-order valence-corrected chi connectivity index (χ3v) is 5.74. The van der Waals surface area contributed by atoms with Crippen LogP contribution in [0.3, 0.4) is 0 Å². The van der Waals surface area contributed by atoms with Crippen molar-refractivity contribution in [2.75, 3.05) is 0 Å². The highest BCUT2D eigenvalue weighted by atomic mass is 16.7. The zero-order chi connectivity index (χ0) is 19.8. The summed E-state index contributed by atoms with van der Waals surface area (Å²) in [5.41, 5.74) is 2.29. The van der Waals surface area contributed by atoms with Crippen molar-refractivity contribution in [1.29, 1.82) is 0 Å². The van der Waals surface area contributed by atoms with Crippen molar-refractivity contribution in [3.8, 4) is 22.4 Å². The Kier molecular flexibility index (Phi) is 4.48. The molecular formula is C23H21N3O3. The number of nitrogens with zero attached hydrogens (tertiary/aromatic N) is 2. The summed E-state index contributed by atoms with van der Waals surface area (Å²) >= 11 is 0. The lowest BCUT2D eigenvalue weighted by Gasteiger charge is -2.44. The number of fused-ring (bicyclic) bond motifs is 3. The zero-order valence-electron chi connectivity index (χ0n) is 15.9. The molecule has 0 atom stereocenters. The first kappa shape index (κ1) is 17.8. The molecule has 2 saturated heterocycles. The van der Waals surface area contributed by atoms with Crippen molar-refractivity contribution in [2.45, 2.75) is 37.8 Å². The highest BCUT2D eigenvalue weighted by Crippen LogP contribution is 2.36. The summed E-state index contributed by atoms with van der Waals surface area (Å²) in [6.45, 7) is 0. The molecule has 0 spiro atoms. The predicted molar refractivity (Wildman–Crippen MR) is 109 cm³/mol. The molecule has 6 rings (SSSR count). The van der Waals surface area contributed by atoms with Gasteiger partial charge in [0, 0.05) is 11.1 Å². The fourth-order valence-corrected chi connectivity index (χ4v) is 4.30. The number of H-pyrrole nitrogens is 1. The fourth-order valence-electron chi connectivity index (χ4n) is 4.30. The van der Waals surface area contributed by atoms with Crippen LogP contribution < -0.4 is 5.56 Å². The van der Waals surface area contributed by atoms with Crippen LogP contribution in [0.15, 0.2) is 65.5 Å². The van der Waals surface area contributed by atoms with Crippen LogP contribution in [0.2, 0.25) is 0 Å². The van der Waals surface area contributed by atoms with Gasteiger partial charge in [-0.25, -0.2) is 10.2 Å². The van der Waals surface area contributed by atoms with Crippen molar-refractivity contribution in [2.24, 2.45) is 0 Å². The molecule has 1 saturated carbocycles. The lowest BCUT2D eigenvalue weighted by Crippen LogP contribution is -2.52. The first-order chi connectivity index (χ1) is 14.2. The molecule has 2 aromatic carbocycles. The highest BCUT2D eigenvalue weighted by Gasteiger charge is 2.40. The standard InChI is InChI=1S/C23H21N3O3/c27-22-20(23(28)26-17-11-13-18(29-26)14-12-17)19(15-7-3-1-4-8-15)21(24-25-22)16-9-5-2-6-10-16/h1-10,17-18H,11-14H2,(H,25,27). The van der Waals surface area contributed by atoms with E-state index in [2.05, 4.69) is 10.2 Å². The van der Waals surface area contributed by atoms with E-state index in [0.29, 0.717) is 11.3 Å². The maximum absolute atomic E-state index is 13.5. The predicted octanol–water partition coefficient (Wildman–Crippen LogP) is 3.80. The van der Waals surface area contributed by atoms with Crippen LogP contribution in [0.4, 0.5) is 0 Å². The van der Waals surface area contributed by atoms with Gasteiger partial charge in [0.2, 0.25) is 0 Å². The van der Waals surface area contributed by atoms with Gasteiger partial charge in [0.15, 0.2) is 0 Å². The van der Waals surface area contributed by atoms with Crippen LogP contribution in [0.5, 0.6) is 0 Å². The molecule has 6 nitrogen and oxygen atoms in total. The lowest BCUT2D eigenvalue weighted by atomic mass is 9.90. The number of hydrogen-bond donors (Lipinski definition) is 1. The topological polar surface area (TPSA) is 75.3 Å². The molecule has 3 aromatic rings. The summed E-state index contributed by atoms with van der Waals surface area (Å²) in [4.78, 5) is 32.3. The first-order valence-electron chi connectivity index (χ1n) is 9.96. The normalized spacial score (nSPS) is 20.6. The number of benzene rings is 2. The summed E-state index contributed by atoms with van der Waals surface area (Å²) in [5, 5.41) is 8.28. The molecule has 6 heteroatoms. The SMILES string of the molecule is O=C(c1c(-c2ccccc2)c(-c2ccccc2)n[nH]c1=O)N1OC2CCC1CC2. The zero-order valence-corrected chi connectivity index (χ0v) is 15.9. The molecule has 3 aliphatic rings. The Labute approximate surface area is 168 Å². The molecule has 0 unspecified atom stereocenters. The minimum absolute atomic E-state index is 0.0175. The van der Waals surface area contributed by atoms with E-state index in [-0.39, 0.29) is 23.6 Å². The summed E-state index contributed by atoms with van der Waals surface area (Å²) in [6, 6.07) is 19.0. The molecule has 1 N–H and O–H groups in total. The number of hydrogen-bond acceptors (Lipinski definition) is 4. The van der Waals surface area contributed by atoms with Crippen molar-refractivity contribution in [3.63, 3.8) is 0 Å². The van der Waals surface area contributed by atoms with Gasteiger partial charge in [-0.3, -0.25) is 14.4 Å². The maximum Gasteiger partial charge on any atom is 0.284 e. The van der Waals surface area contributed by atoms with E-state index in [1.165, 1.54) is 5.06 Å². The van der Waals surface area contributed by atoms with Gasteiger partial charge in [-0.05, 0) is 31.2 Å². The van der Waals surface area contributed by atoms with E-state index in [4.69, 9.17) is 4.84 Å². The largest absolute Gasteiger partial charge is 0.284 e. The second-order valence-corrected chi connectivity index (χ2v) is 7.55. The smallest absolute Gasteiger partial charge is 0.267 e. The molecule has 1 aromatic heterocycles. The molecule has 1 aliphatic carbocycles. The molecule has 3 heterocycles. The molecular weight excluding hydrogens is 366 g/mol. The molecule has 2 aliphatic heterocycles. The van der Waals surface area contributed by atoms with Gasteiger partial charge < -0.3 is 0 Å². The Hall–Kier alpha value is -3.25. The van der Waals surface area contributed by atoms with Crippen molar-refractivity contribution < 1.29 is 9.63 Å². The van der Waals surface area contributed by atoms with Crippen LogP contribution in [-0.4, -0.2) is 33.3 Å². The van der Waals surface area contributed by atoms with E-state index in [1.807, 2.05) is 60.7 Å². The van der Waals surface area contributed by atoms with Crippen LogP contribution in [-0.2, 0) is 4.84 Å². The summed E-state index contributed by atoms with van der Waals surface area (Å²) in [5.74, 6) is -0.390. The van der Waals surface area contributed by atoms with Crippen LogP contribution in [0.1, 0.15) is 36.0 Å². The second-order valence-electron chi connectivity index (χ2n) is 7.55. The quantitative estimate of drug-likeness (QED) is 0.742. The number of amides is 1. The number of carbonyl (C=O) groups excluding carboxylic acids is 1. The maximum atomic E-state index is 13.5. The van der Waals surface area contributed by atoms with Crippen LogP contribution in [0, 0.1) is 0 Å². The number of rotatable bonds is 3. The second kappa shape index (κ2) is 7.29. The van der Waals surface area contributed by atoms with Crippen molar-refractivity contribution >= 4 is 5.91 Å². The van der Waals surface area contributed by atoms with Crippen LogP contribution in [0.25, 0.3) is 22.4 Å². The number of aromatic amines is 1. The third kappa shape index (κ3) is 3.15. The number of carbonyl (C=O) groups is 1. The van der Waals surface area contributed by atoms with E-state index >= 15 is 0 Å². The van der Waals surface area contributed by atoms with E-state index in [1.54, 1.807) is 0 Å². The number of nitrogens with one attached hydrogen (secondary N) is 1. The van der Waals surface area contributed by atoms with Crippen LogP contribution >= 0.6 is 0 Å². The molecule has 3 fully saturated rings. The van der Waals surface area contributed by atoms with Gasteiger partial charge in [0.05, 0.1) is 17.8 Å². The van der Waals surface area contributed by atoms with Gasteiger partial charge in [-0.15, -0.1) is 0 Å². The highest BCUT2D eigenvalue weighted by molar-refractivity contribution is 6.03. The Morgan fingerprint density at radius 1 is 0.931 bits per heavy atom. The van der Waals surface area contributed by atoms with Gasteiger partial charge in [0.1, 0.15) is 5.56 Å². The fraction of sp³-hybridized carbons (Fsp3) is 0.261. The Bertz CT molecular complexity index is 1090. The monoisotopic (exact) mass is 387 g/mol. The summed E-state index contributed by atoms with van der Waals surface area (Å²) in [7, 11) is 0. The Morgan fingerprint density at radius 2 is 1.55 bits per heavy atom. The third-order valence-electron chi connectivity index (χ3n) is 5.74. The minimum Gasteiger partial charge on any atom is -0.267 e. The summed E-state index contributed by atoms with van der Waals surface area (Å²) in [6.07, 6.45) is 3.79. The Balaban J connectivity index is 1.70. The van der Waals surface area contributed by atoms with Gasteiger partial charge in [-0.1, -0.05) is 60.7 Å². The summed E-state index contributed by atoms with van der Waals surface area (Å²) < 4.78 is 0. The van der Waals surface area contributed by atoms with E-state index in [9.17, 15) is 9.59 Å². The van der Waals surface area contributed by atoms with E-state index < -0.39 is 5.56 Å². The average Bonchev–Trinajstić information content (AvgIpc) is 2.80. The molecule has 146 valence electrons. The minimum atomic E-state index is -0.501. The van der Waals surface area contributed by atoms with Gasteiger partial charge >= 0.3 is 0 Å². The van der Waals surface area contributed by atoms with Gasteiger partial charge in [0.25, 0.3) is 11.5 Å². The van der Waals surface area contributed by atoms with Crippen molar-refractivity contribution in [3.05, 3.63) is 76.6 Å². The first-order valence-corrected chi connectivity index (χ1v) is 9.96. The Morgan fingerprint density at radius 3 is 2.14 bits per heavy atom. The van der Waals surface area contributed by atoms with Gasteiger partial charge in [-0.2, -0.15) is 5.10 Å². The lowest BCUT2D eigenvalue weighted by molar-refractivity contribution is -0.242. The van der Waals surface area contributed by atoms with E-state index in [0.717, 1.165) is 36.8 Å². The average molecular weight is 387 g/mol.